The molecule has 0 radical (unpaired) electrons. The molecule has 166 valence electrons. The average molecular weight is 476 g/mol. The molecule has 0 fully saturated rings. The van der Waals surface area contributed by atoms with Gasteiger partial charge in [0.05, 0.1) is 11.8 Å². The molecule has 0 aliphatic rings. The summed E-state index contributed by atoms with van der Waals surface area (Å²) in [5.74, 6) is -0.748. The Bertz CT molecular complexity index is 1160. The fourth-order valence-corrected chi connectivity index (χ4v) is 3.60. The molecule has 1 unspecified atom stereocenters. The summed E-state index contributed by atoms with van der Waals surface area (Å²) in [5, 5.41) is 2.59. The van der Waals surface area contributed by atoms with Crippen molar-refractivity contribution >= 4 is 45.6 Å². The molecule has 1 atom stereocenters. The summed E-state index contributed by atoms with van der Waals surface area (Å²) >= 11 is -1.36. The van der Waals surface area contributed by atoms with E-state index in [0.29, 0.717) is 11.3 Å². The zero-order valence-electron chi connectivity index (χ0n) is 16.5. The van der Waals surface area contributed by atoms with Gasteiger partial charge in [0.15, 0.2) is 16.2 Å². The molecule has 0 aliphatic heterocycles. The van der Waals surface area contributed by atoms with Crippen molar-refractivity contribution in [3.63, 3.8) is 0 Å². The molecule has 0 bridgehead atoms. The highest BCUT2D eigenvalue weighted by atomic mass is 32.2. The maximum absolute atomic E-state index is 12.5. The van der Waals surface area contributed by atoms with E-state index in [-0.39, 0.29) is 27.3 Å². The molecule has 0 aliphatic carbocycles. The van der Waals surface area contributed by atoms with Crippen molar-refractivity contribution < 1.29 is 37.4 Å². The number of ether oxygens (including phenoxy) is 3. The second kappa shape index (κ2) is 10.6. The SMILES string of the molecule is CC(=O)Oc1ccc(COC(=O)Oc2ccccc2C(=O)Nc2ncc(S(=O)O)s2)cc1. The molecule has 12 heteroatoms. The van der Waals surface area contributed by atoms with E-state index in [1.807, 2.05) is 0 Å². The van der Waals surface area contributed by atoms with Crippen LogP contribution in [0.4, 0.5) is 9.93 Å². The Hall–Kier alpha value is -3.61. The normalized spacial score (nSPS) is 11.3. The summed E-state index contributed by atoms with van der Waals surface area (Å²) in [4.78, 5) is 39.4. The molecular weight excluding hydrogens is 460 g/mol. The van der Waals surface area contributed by atoms with E-state index in [9.17, 15) is 18.6 Å². The summed E-state index contributed by atoms with van der Waals surface area (Å²) in [6, 6.07) is 12.4. The third-order valence-corrected chi connectivity index (χ3v) is 5.58. The van der Waals surface area contributed by atoms with Gasteiger partial charge in [-0.3, -0.25) is 14.9 Å². The Morgan fingerprint density at radius 3 is 2.47 bits per heavy atom. The van der Waals surface area contributed by atoms with Gasteiger partial charge < -0.3 is 18.8 Å². The summed E-state index contributed by atoms with van der Waals surface area (Å²) in [6.07, 6.45) is 0.149. The van der Waals surface area contributed by atoms with Crippen molar-refractivity contribution in [2.24, 2.45) is 0 Å². The van der Waals surface area contributed by atoms with E-state index in [1.165, 1.54) is 25.3 Å². The number of esters is 1. The number of aromatic nitrogens is 1. The molecule has 1 amide bonds. The summed E-state index contributed by atoms with van der Waals surface area (Å²) in [5.41, 5.74) is 0.668. The molecule has 1 heterocycles. The van der Waals surface area contributed by atoms with Crippen molar-refractivity contribution in [3.05, 3.63) is 65.9 Å². The molecule has 0 saturated carbocycles. The van der Waals surface area contributed by atoms with Gasteiger partial charge in [0.25, 0.3) is 5.91 Å². The summed E-state index contributed by atoms with van der Waals surface area (Å²) < 4.78 is 35.3. The Balaban J connectivity index is 1.60. The minimum atomic E-state index is -2.21. The Kier molecular flexibility index (Phi) is 7.65. The maximum atomic E-state index is 12.5. The van der Waals surface area contributed by atoms with Crippen LogP contribution in [-0.2, 0) is 27.2 Å². The molecule has 0 spiro atoms. The number of carbonyl (C=O) groups excluding carboxylic acids is 3. The summed E-state index contributed by atoms with van der Waals surface area (Å²) in [6.45, 7) is 1.18. The number of amides is 1. The van der Waals surface area contributed by atoms with Gasteiger partial charge in [0.2, 0.25) is 0 Å². The van der Waals surface area contributed by atoms with Crippen LogP contribution >= 0.6 is 11.3 Å². The molecular formula is C20H16N2O8S2. The minimum absolute atomic E-state index is 0.0389. The van der Waals surface area contributed by atoms with Crippen molar-refractivity contribution in [1.82, 2.24) is 4.98 Å². The van der Waals surface area contributed by atoms with Crippen molar-refractivity contribution in [1.29, 1.82) is 0 Å². The number of anilines is 1. The second-order valence-electron chi connectivity index (χ2n) is 6.06. The molecule has 1 aromatic heterocycles. The third kappa shape index (κ3) is 6.44. The lowest BCUT2D eigenvalue weighted by molar-refractivity contribution is -0.131. The lowest BCUT2D eigenvalue weighted by Crippen LogP contribution is -2.16. The number of nitrogens with one attached hydrogen (secondary N) is 1. The van der Waals surface area contributed by atoms with E-state index in [1.54, 1.807) is 36.4 Å². The average Bonchev–Trinajstić information content (AvgIpc) is 3.22. The van der Waals surface area contributed by atoms with Crippen LogP contribution in [0.3, 0.4) is 0 Å². The lowest BCUT2D eigenvalue weighted by atomic mass is 10.2. The number of hydrogen-bond donors (Lipinski definition) is 2. The van der Waals surface area contributed by atoms with Gasteiger partial charge in [-0.2, -0.15) is 0 Å². The quantitative estimate of drug-likeness (QED) is 0.226. The largest absolute Gasteiger partial charge is 0.514 e. The molecule has 32 heavy (non-hydrogen) atoms. The highest BCUT2D eigenvalue weighted by Gasteiger charge is 2.18. The molecule has 2 aromatic carbocycles. The predicted molar refractivity (Wildman–Crippen MR) is 114 cm³/mol. The minimum Gasteiger partial charge on any atom is -0.429 e. The molecule has 0 saturated heterocycles. The van der Waals surface area contributed by atoms with E-state index >= 15 is 0 Å². The molecule has 10 nitrogen and oxygen atoms in total. The van der Waals surface area contributed by atoms with Crippen LogP contribution in [0.2, 0.25) is 0 Å². The van der Waals surface area contributed by atoms with Gasteiger partial charge in [0.1, 0.15) is 22.3 Å². The lowest BCUT2D eigenvalue weighted by Gasteiger charge is -2.10. The van der Waals surface area contributed by atoms with E-state index in [4.69, 9.17) is 18.8 Å². The number of rotatable bonds is 7. The number of thiazole rings is 1. The fraction of sp³-hybridized carbons (Fsp3) is 0.100. The van der Waals surface area contributed by atoms with Crippen LogP contribution in [0, 0.1) is 0 Å². The molecule has 3 rings (SSSR count). The third-order valence-electron chi connectivity index (χ3n) is 3.74. The number of nitrogens with zero attached hydrogens (tertiary/aromatic N) is 1. The van der Waals surface area contributed by atoms with Crippen LogP contribution in [0.25, 0.3) is 0 Å². The summed E-state index contributed by atoms with van der Waals surface area (Å²) in [7, 11) is 0. The zero-order chi connectivity index (χ0) is 23.1. The first kappa shape index (κ1) is 23.1. The molecule has 2 N–H and O–H groups in total. The van der Waals surface area contributed by atoms with Gasteiger partial charge in [0, 0.05) is 6.92 Å². The van der Waals surface area contributed by atoms with E-state index in [0.717, 1.165) is 11.3 Å². The van der Waals surface area contributed by atoms with Crippen molar-refractivity contribution in [2.45, 2.75) is 17.7 Å². The topological polar surface area (TPSA) is 141 Å². The number of hydrogen-bond acceptors (Lipinski definition) is 9. The zero-order valence-corrected chi connectivity index (χ0v) is 18.1. The first-order chi connectivity index (χ1) is 15.3. The Morgan fingerprint density at radius 1 is 1.09 bits per heavy atom. The van der Waals surface area contributed by atoms with Gasteiger partial charge in [-0.15, -0.1) is 0 Å². The molecule has 3 aromatic rings. The van der Waals surface area contributed by atoms with E-state index in [2.05, 4.69) is 10.3 Å². The van der Waals surface area contributed by atoms with Crippen LogP contribution in [-0.4, -0.2) is 31.8 Å². The number of carbonyl (C=O) groups is 3. The smallest absolute Gasteiger partial charge is 0.429 e. The van der Waals surface area contributed by atoms with Gasteiger partial charge in [-0.1, -0.05) is 35.6 Å². The van der Waals surface area contributed by atoms with Crippen LogP contribution < -0.4 is 14.8 Å². The fourth-order valence-electron chi connectivity index (χ4n) is 2.39. The van der Waals surface area contributed by atoms with Crippen LogP contribution in [0.5, 0.6) is 11.5 Å². The van der Waals surface area contributed by atoms with Crippen LogP contribution in [0.1, 0.15) is 22.8 Å². The van der Waals surface area contributed by atoms with Gasteiger partial charge in [-0.05, 0) is 29.8 Å². The Morgan fingerprint density at radius 2 is 1.81 bits per heavy atom. The van der Waals surface area contributed by atoms with Gasteiger partial charge in [-0.25, -0.2) is 14.0 Å². The standard InChI is InChI=1S/C20H16N2O8S2/c1-12(23)29-14-8-6-13(7-9-14)11-28-20(25)30-16-5-3-2-4-15(16)18(24)22-19-21-10-17(31-19)32(26)27/h2-10H,11H2,1H3,(H,26,27)(H,21,22,24). The van der Waals surface area contributed by atoms with Crippen molar-refractivity contribution in [2.75, 3.05) is 5.32 Å². The van der Waals surface area contributed by atoms with Crippen LogP contribution in [0.15, 0.2) is 58.9 Å². The highest BCUT2D eigenvalue weighted by molar-refractivity contribution is 7.81. The van der Waals surface area contributed by atoms with Crippen molar-refractivity contribution in [3.8, 4) is 11.5 Å². The van der Waals surface area contributed by atoms with Gasteiger partial charge >= 0.3 is 12.1 Å². The second-order valence-corrected chi connectivity index (χ2v) is 8.29. The first-order valence-corrected chi connectivity index (χ1v) is 10.8. The highest BCUT2D eigenvalue weighted by Crippen LogP contribution is 2.24. The number of para-hydroxylation sites is 1. The monoisotopic (exact) mass is 476 g/mol. The number of benzene rings is 2. The maximum Gasteiger partial charge on any atom is 0.514 e. The Labute approximate surface area is 188 Å². The first-order valence-electron chi connectivity index (χ1n) is 8.91. The predicted octanol–water partition coefficient (Wildman–Crippen LogP) is 3.62. The van der Waals surface area contributed by atoms with E-state index < -0.39 is 29.1 Å².